The molecule has 0 radical (unpaired) electrons. The highest BCUT2D eigenvalue weighted by atomic mass is 16.2. The SMILES string of the molecule is CC(C)N(CC1CCNCC1)C(=O)c1cn(C)cn1. The number of piperidine rings is 1. The smallest absolute Gasteiger partial charge is 0.274 e. The maximum Gasteiger partial charge on any atom is 0.274 e. The molecule has 1 aromatic heterocycles. The number of rotatable bonds is 4. The summed E-state index contributed by atoms with van der Waals surface area (Å²) < 4.78 is 1.82. The first kappa shape index (κ1) is 14.1. The monoisotopic (exact) mass is 264 g/mol. The lowest BCUT2D eigenvalue weighted by Gasteiger charge is -2.32. The van der Waals surface area contributed by atoms with Crippen LogP contribution in [0.15, 0.2) is 12.5 Å². The average molecular weight is 264 g/mol. The molecule has 1 N–H and O–H groups in total. The Morgan fingerprint density at radius 3 is 2.74 bits per heavy atom. The van der Waals surface area contributed by atoms with E-state index in [-0.39, 0.29) is 11.9 Å². The van der Waals surface area contributed by atoms with Crippen LogP contribution >= 0.6 is 0 Å². The summed E-state index contributed by atoms with van der Waals surface area (Å²) in [6.45, 7) is 7.11. The summed E-state index contributed by atoms with van der Waals surface area (Å²) in [5, 5.41) is 3.36. The summed E-state index contributed by atoms with van der Waals surface area (Å²) in [5.74, 6) is 0.658. The third kappa shape index (κ3) is 3.56. The van der Waals surface area contributed by atoms with Crippen molar-refractivity contribution in [2.24, 2.45) is 13.0 Å². The van der Waals surface area contributed by atoms with Gasteiger partial charge in [0, 0.05) is 25.8 Å². The second kappa shape index (κ2) is 6.19. The fourth-order valence-corrected chi connectivity index (χ4v) is 2.54. The third-order valence-corrected chi connectivity index (χ3v) is 3.72. The molecule has 5 heteroatoms. The van der Waals surface area contributed by atoms with E-state index in [0.29, 0.717) is 11.6 Å². The van der Waals surface area contributed by atoms with Crippen LogP contribution in [-0.4, -0.2) is 46.0 Å². The zero-order valence-corrected chi connectivity index (χ0v) is 12.1. The zero-order valence-electron chi connectivity index (χ0n) is 12.1. The predicted molar refractivity (Wildman–Crippen MR) is 75.0 cm³/mol. The molecule has 1 amide bonds. The summed E-state index contributed by atoms with van der Waals surface area (Å²) >= 11 is 0. The van der Waals surface area contributed by atoms with Gasteiger partial charge in [0.15, 0.2) is 0 Å². The minimum absolute atomic E-state index is 0.0501. The van der Waals surface area contributed by atoms with Crippen molar-refractivity contribution in [3.63, 3.8) is 0 Å². The Kier molecular flexibility index (Phi) is 4.58. The van der Waals surface area contributed by atoms with E-state index >= 15 is 0 Å². The highest BCUT2D eigenvalue weighted by molar-refractivity contribution is 5.92. The van der Waals surface area contributed by atoms with Gasteiger partial charge in [-0.1, -0.05) is 0 Å². The first-order chi connectivity index (χ1) is 9.08. The maximum absolute atomic E-state index is 12.5. The fourth-order valence-electron chi connectivity index (χ4n) is 2.54. The summed E-state index contributed by atoms with van der Waals surface area (Å²) in [6, 6.07) is 0.212. The Balaban J connectivity index is 2.04. The minimum atomic E-state index is 0.0501. The molecule has 1 aromatic rings. The molecule has 0 saturated carbocycles. The van der Waals surface area contributed by atoms with Crippen molar-refractivity contribution in [3.8, 4) is 0 Å². The number of hydrogen-bond donors (Lipinski definition) is 1. The molecule has 19 heavy (non-hydrogen) atoms. The molecule has 1 aliphatic rings. The number of amides is 1. The molecule has 2 rings (SSSR count). The van der Waals surface area contributed by atoms with Gasteiger partial charge in [-0.2, -0.15) is 0 Å². The van der Waals surface area contributed by atoms with E-state index in [1.807, 2.05) is 16.5 Å². The molecule has 0 aromatic carbocycles. The van der Waals surface area contributed by atoms with E-state index in [4.69, 9.17) is 0 Å². The van der Waals surface area contributed by atoms with E-state index < -0.39 is 0 Å². The summed E-state index contributed by atoms with van der Waals surface area (Å²) in [5.41, 5.74) is 0.546. The molecule has 0 bridgehead atoms. The number of aromatic nitrogens is 2. The van der Waals surface area contributed by atoms with E-state index in [1.54, 1.807) is 12.5 Å². The van der Waals surface area contributed by atoms with Crippen molar-refractivity contribution in [2.45, 2.75) is 32.7 Å². The summed E-state index contributed by atoms with van der Waals surface area (Å²) in [4.78, 5) is 18.6. The van der Waals surface area contributed by atoms with Crippen molar-refractivity contribution >= 4 is 5.91 Å². The van der Waals surface area contributed by atoms with Gasteiger partial charge in [0.1, 0.15) is 5.69 Å². The number of nitrogens with zero attached hydrogens (tertiary/aromatic N) is 3. The van der Waals surface area contributed by atoms with Gasteiger partial charge < -0.3 is 14.8 Å². The van der Waals surface area contributed by atoms with Gasteiger partial charge in [0.2, 0.25) is 0 Å². The zero-order chi connectivity index (χ0) is 13.8. The highest BCUT2D eigenvalue weighted by Gasteiger charge is 2.24. The molecule has 2 heterocycles. The predicted octanol–water partition coefficient (Wildman–Crippen LogP) is 1.27. The van der Waals surface area contributed by atoms with Crippen molar-refractivity contribution in [1.29, 1.82) is 0 Å². The Morgan fingerprint density at radius 1 is 1.53 bits per heavy atom. The molecule has 1 saturated heterocycles. The normalized spacial score (nSPS) is 16.8. The first-order valence-corrected chi connectivity index (χ1v) is 7.07. The lowest BCUT2D eigenvalue weighted by Crippen LogP contribution is -2.43. The quantitative estimate of drug-likeness (QED) is 0.891. The van der Waals surface area contributed by atoms with Crippen LogP contribution in [0.1, 0.15) is 37.2 Å². The number of carbonyl (C=O) groups excluding carboxylic acids is 1. The van der Waals surface area contributed by atoms with Crippen LogP contribution in [-0.2, 0) is 7.05 Å². The number of aryl methyl sites for hydroxylation is 1. The van der Waals surface area contributed by atoms with Crippen LogP contribution in [0.25, 0.3) is 0 Å². The second-order valence-corrected chi connectivity index (χ2v) is 5.67. The topological polar surface area (TPSA) is 50.2 Å². The average Bonchev–Trinajstić information content (AvgIpc) is 2.83. The van der Waals surface area contributed by atoms with Crippen molar-refractivity contribution in [1.82, 2.24) is 19.8 Å². The molecule has 0 aliphatic carbocycles. The van der Waals surface area contributed by atoms with Gasteiger partial charge in [-0.25, -0.2) is 4.98 Å². The Bertz CT molecular complexity index is 421. The number of hydrogen-bond acceptors (Lipinski definition) is 3. The molecule has 0 unspecified atom stereocenters. The van der Waals surface area contributed by atoms with Gasteiger partial charge in [0.25, 0.3) is 5.91 Å². The molecule has 106 valence electrons. The Labute approximate surface area is 115 Å². The summed E-state index contributed by atoms with van der Waals surface area (Å²) in [7, 11) is 1.89. The number of nitrogens with one attached hydrogen (secondary N) is 1. The second-order valence-electron chi connectivity index (χ2n) is 5.67. The lowest BCUT2D eigenvalue weighted by molar-refractivity contribution is 0.0652. The lowest BCUT2D eigenvalue weighted by atomic mass is 9.97. The van der Waals surface area contributed by atoms with Crippen LogP contribution in [0, 0.1) is 5.92 Å². The molecule has 1 fully saturated rings. The van der Waals surface area contributed by atoms with Crippen LogP contribution < -0.4 is 5.32 Å². The molecule has 0 atom stereocenters. The maximum atomic E-state index is 12.5. The molecular formula is C14H24N4O. The van der Waals surface area contributed by atoms with Crippen LogP contribution in [0.2, 0.25) is 0 Å². The van der Waals surface area contributed by atoms with E-state index in [1.165, 1.54) is 0 Å². The molecular weight excluding hydrogens is 240 g/mol. The molecule has 5 nitrogen and oxygen atoms in total. The molecule has 1 aliphatic heterocycles. The standard InChI is InChI=1S/C14H24N4O/c1-11(2)18(8-12-4-6-15-7-5-12)14(19)13-9-17(3)10-16-13/h9-12,15H,4-8H2,1-3H3. The van der Waals surface area contributed by atoms with Gasteiger partial charge in [-0.05, 0) is 45.7 Å². The van der Waals surface area contributed by atoms with Crippen LogP contribution in [0.4, 0.5) is 0 Å². The van der Waals surface area contributed by atoms with Crippen molar-refractivity contribution < 1.29 is 4.79 Å². The van der Waals surface area contributed by atoms with E-state index in [2.05, 4.69) is 24.1 Å². The number of carbonyl (C=O) groups is 1. The van der Waals surface area contributed by atoms with Crippen molar-refractivity contribution in [2.75, 3.05) is 19.6 Å². The number of imidazole rings is 1. The van der Waals surface area contributed by atoms with E-state index in [0.717, 1.165) is 32.5 Å². The van der Waals surface area contributed by atoms with E-state index in [9.17, 15) is 4.79 Å². The van der Waals surface area contributed by atoms with Gasteiger partial charge in [-0.15, -0.1) is 0 Å². The third-order valence-electron chi connectivity index (χ3n) is 3.72. The highest BCUT2D eigenvalue weighted by Crippen LogP contribution is 2.17. The first-order valence-electron chi connectivity index (χ1n) is 7.07. The minimum Gasteiger partial charge on any atom is -0.340 e. The van der Waals surface area contributed by atoms with Crippen LogP contribution in [0.3, 0.4) is 0 Å². The van der Waals surface area contributed by atoms with Gasteiger partial charge in [0.05, 0.1) is 6.33 Å². The fraction of sp³-hybridized carbons (Fsp3) is 0.714. The Hall–Kier alpha value is -1.36. The molecule has 0 spiro atoms. The van der Waals surface area contributed by atoms with Gasteiger partial charge >= 0.3 is 0 Å². The van der Waals surface area contributed by atoms with Crippen LogP contribution in [0.5, 0.6) is 0 Å². The largest absolute Gasteiger partial charge is 0.340 e. The Morgan fingerprint density at radius 2 is 2.21 bits per heavy atom. The summed E-state index contributed by atoms with van der Waals surface area (Å²) in [6.07, 6.45) is 5.77. The van der Waals surface area contributed by atoms with Crippen molar-refractivity contribution in [3.05, 3.63) is 18.2 Å². The van der Waals surface area contributed by atoms with Gasteiger partial charge in [-0.3, -0.25) is 4.79 Å².